The molecule has 2 heterocycles. The maximum Gasteiger partial charge on any atom is 0.244 e. The average molecular weight is 321 g/mol. The normalized spacial score (nSPS) is 25.9. The van der Waals surface area contributed by atoms with Crippen LogP contribution in [0.2, 0.25) is 0 Å². The predicted octanol–water partition coefficient (Wildman–Crippen LogP) is -0.306. The number of rotatable bonds is 2. The third kappa shape index (κ3) is 2.59. The Hall–Kier alpha value is -1.95. The van der Waals surface area contributed by atoms with Gasteiger partial charge in [-0.05, 0) is 12.1 Å². The first kappa shape index (κ1) is 15.0. The third-order valence-corrected chi connectivity index (χ3v) is 5.72. The second kappa shape index (κ2) is 5.68. The zero-order valence-electron chi connectivity index (χ0n) is 11.7. The molecule has 3 rings (SSSR count). The van der Waals surface area contributed by atoms with Crippen LogP contribution in [0.4, 0.5) is 0 Å². The lowest BCUT2D eigenvalue weighted by Crippen LogP contribution is -2.44. The SMILES string of the molecule is N#Cc1ccccc1S(=O)(=O)N1C[C@H]2COC[C@@H](C1)C(=O)N2. The van der Waals surface area contributed by atoms with E-state index in [9.17, 15) is 13.2 Å². The van der Waals surface area contributed by atoms with E-state index >= 15 is 0 Å². The van der Waals surface area contributed by atoms with E-state index in [0.29, 0.717) is 0 Å². The van der Waals surface area contributed by atoms with E-state index in [2.05, 4.69) is 5.32 Å². The predicted molar refractivity (Wildman–Crippen MR) is 76.2 cm³/mol. The highest BCUT2D eigenvalue weighted by atomic mass is 32.2. The minimum absolute atomic E-state index is 0.0224. The molecule has 1 N–H and O–H groups in total. The van der Waals surface area contributed by atoms with E-state index in [1.165, 1.54) is 16.4 Å². The molecular weight excluding hydrogens is 306 g/mol. The van der Waals surface area contributed by atoms with Crippen molar-refractivity contribution in [2.75, 3.05) is 26.3 Å². The molecule has 7 nitrogen and oxygen atoms in total. The minimum Gasteiger partial charge on any atom is -0.378 e. The number of nitriles is 1. The van der Waals surface area contributed by atoms with Gasteiger partial charge < -0.3 is 10.1 Å². The van der Waals surface area contributed by atoms with Crippen LogP contribution in [0.25, 0.3) is 0 Å². The molecule has 0 saturated carbocycles. The van der Waals surface area contributed by atoms with Crippen molar-refractivity contribution in [2.24, 2.45) is 5.92 Å². The molecule has 2 aliphatic rings. The lowest BCUT2D eigenvalue weighted by atomic mass is 10.1. The maximum absolute atomic E-state index is 12.9. The fourth-order valence-corrected chi connectivity index (χ4v) is 4.38. The van der Waals surface area contributed by atoms with Crippen molar-refractivity contribution in [3.63, 3.8) is 0 Å². The molecule has 0 spiro atoms. The van der Waals surface area contributed by atoms with E-state index < -0.39 is 15.9 Å². The summed E-state index contributed by atoms with van der Waals surface area (Å²) in [6.07, 6.45) is 0. The van der Waals surface area contributed by atoms with Crippen LogP contribution in [0, 0.1) is 17.2 Å². The third-order valence-electron chi connectivity index (χ3n) is 3.83. The van der Waals surface area contributed by atoms with E-state index in [4.69, 9.17) is 10.00 Å². The van der Waals surface area contributed by atoms with Gasteiger partial charge >= 0.3 is 0 Å². The summed E-state index contributed by atoms with van der Waals surface area (Å²) in [5, 5.41) is 11.9. The minimum atomic E-state index is -3.83. The molecule has 0 unspecified atom stereocenters. The van der Waals surface area contributed by atoms with Gasteiger partial charge in [0.05, 0.1) is 35.6 Å². The Balaban J connectivity index is 1.99. The lowest BCUT2D eigenvalue weighted by molar-refractivity contribution is -0.125. The molecule has 2 atom stereocenters. The molecule has 1 aromatic rings. The molecule has 1 amide bonds. The van der Waals surface area contributed by atoms with Gasteiger partial charge in [-0.25, -0.2) is 8.42 Å². The maximum atomic E-state index is 12.9. The summed E-state index contributed by atoms with van der Waals surface area (Å²) in [6, 6.07) is 7.62. The smallest absolute Gasteiger partial charge is 0.244 e. The standard InChI is InChI=1S/C14H15N3O4S/c15-5-10-3-1-2-4-13(10)22(19,20)17-6-11-8-21-9-12(7-17)16-14(11)18/h1-4,11-12H,6-9H2,(H,16,18)/t11-,12+/m1/s1. The monoisotopic (exact) mass is 321 g/mol. The van der Waals surface area contributed by atoms with Crippen LogP contribution in [-0.4, -0.2) is 51.0 Å². The van der Waals surface area contributed by atoms with Crippen molar-refractivity contribution < 1.29 is 17.9 Å². The van der Waals surface area contributed by atoms with Gasteiger partial charge in [0, 0.05) is 13.1 Å². The highest BCUT2D eigenvalue weighted by Crippen LogP contribution is 2.24. The zero-order chi connectivity index (χ0) is 15.7. The summed E-state index contributed by atoms with van der Waals surface area (Å²) in [5.74, 6) is -0.717. The highest BCUT2D eigenvalue weighted by molar-refractivity contribution is 7.89. The number of benzene rings is 1. The molecule has 0 aromatic heterocycles. The van der Waals surface area contributed by atoms with Crippen molar-refractivity contribution in [2.45, 2.75) is 10.9 Å². The summed E-state index contributed by atoms with van der Waals surface area (Å²) in [7, 11) is -3.83. The number of nitrogens with one attached hydrogen (secondary N) is 1. The van der Waals surface area contributed by atoms with E-state index in [1.807, 2.05) is 6.07 Å². The number of hydrogen-bond donors (Lipinski definition) is 1. The molecule has 8 heteroatoms. The molecular formula is C14H15N3O4S. The van der Waals surface area contributed by atoms with Crippen LogP contribution in [-0.2, 0) is 19.6 Å². The quantitative estimate of drug-likeness (QED) is 0.806. The van der Waals surface area contributed by atoms with Crippen molar-refractivity contribution in [3.8, 4) is 6.07 Å². The first-order valence-corrected chi connectivity index (χ1v) is 8.34. The van der Waals surface area contributed by atoms with E-state index in [1.54, 1.807) is 12.1 Å². The van der Waals surface area contributed by atoms with E-state index in [0.717, 1.165) is 0 Å². The molecule has 1 aromatic carbocycles. The van der Waals surface area contributed by atoms with Gasteiger partial charge in [0.1, 0.15) is 6.07 Å². The Morgan fingerprint density at radius 2 is 2.05 bits per heavy atom. The number of hydrogen-bond acceptors (Lipinski definition) is 5. The average Bonchev–Trinajstić information content (AvgIpc) is 2.75. The molecule has 0 aliphatic carbocycles. The van der Waals surface area contributed by atoms with Crippen LogP contribution >= 0.6 is 0 Å². The number of sulfonamides is 1. The van der Waals surface area contributed by atoms with Gasteiger partial charge in [0.2, 0.25) is 15.9 Å². The van der Waals surface area contributed by atoms with Crippen molar-refractivity contribution in [3.05, 3.63) is 29.8 Å². The Bertz CT molecular complexity index is 741. The largest absolute Gasteiger partial charge is 0.378 e. The van der Waals surface area contributed by atoms with Gasteiger partial charge in [-0.3, -0.25) is 4.79 Å². The number of amides is 1. The molecule has 2 bridgehead atoms. The van der Waals surface area contributed by atoms with Gasteiger partial charge in [0.25, 0.3) is 0 Å². The van der Waals surface area contributed by atoms with Crippen LogP contribution < -0.4 is 5.32 Å². The first-order chi connectivity index (χ1) is 10.5. The first-order valence-electron chi connectivity index (χ1n) is 6.90. The summed E-state index contributed by atoms with van der Waals surface area (Å²) in [4.78, 5) is 11.9. The molecule has 2 aliphatic heterocycles. The Morgan fingerprint density at radius 3 is 2.82 bits per heavy atom. The molecule has 22 heavy (non-hydrogen) atoms. The highest BCUT2D eigenvalue weighted by Gasteiger charge is 2.39. The fourth-order valence-electron chi connectivity index (χ4n) is 2.71. The molecule has 2 saturated heterocycles. The van der Waals surface area contributed by atoms with Gasteiger partial charge in [-0.15, -0.1) is 0 Å². The second-order valence-electron chi connectivity index (χ2n) is 5.37. The van der Waals surface area contributed by atoms with Gasteiger partial charge in [-0.1, -0.05) is 12.1 Å². The van der Waals surface area contributed by atoms with Crippen LogP contribution in [0.1, 0.15) is 5.56 Å². The number of carbonyl (C=O) groups excluding carboxylic acids is 1. The second-order valence-corrected chi connectivity index (χ2v) is 7.28. The summed E-state index contributed by atoms with van der Waals surface area (Å²) in [5.41, 5.74) is 0.104. The van der Waals surface area contributed by atoms with Crippen LogP contribution in [0.15, 0.2) is 29.2 Å². The Labute approximate surface area is 128 Å². The molecule has 116 valence electrons. The summed E-state index contributed by atoms with van der Waals surface area (Å²) < 4.78 is 32.4. The van der Waals surface area contributed by atoms with Crippen LogP contribution in [0.3, 0.4) is 0 Å². The number of carbonyl (C=O) groups is 1. The summed E-state index contributed by atoms with van der Waals surface area (Å²) >= 11 is 0. The fraction of sp³-hybridized carbons (Fsp3) is 0.429. The Kier molecular flexibility index (Phi) is 3.87. The van der Waals surface area contributed by atoms with Crippen molar-refractivity contribution in [1.82, 2.24) is 9.62 Å². The van der Waals surface area contributed by atoms with Crippen molar-refractivity contribution >= 4 is 15.9 Å². The topological polar surface area (TPSA) is 99.5 Å². The Morgan fingerprint density at radius 1 is 1.27 bits per heavy atom. The van der Waals surface area contributed by atoms with Crippen LogP contribution in [0.5, 0.6) is 0 Å². The van der Waals surface area contributed by atoms with Gasteiger partial charge in [-0.2, -0.15) is 9.57 Å². The zero-order valence-corrected chi connectivity index (χ0v) is 12.5. The van der Waals surface area contributed by atoms with Gasteiger partial charge in [0.15, 0.2) is 0 Å². The molecule has 0 radical (unpaired) electrons. The summed E-state index contributed by atoms with van der Waals surface area (Å²) in [6.45, 7) is 0.692. The number of fused-ring (bicyclic) bond motifs is 3. The number of nitrogens with zero attached hydrogens (tertiary/aromatic N) is 2. The number of ether oxygens (including phenoxy) is 1. The molecule has 2 fully saturated rings. The van der Waals surface area contributed by atoms with Crippen molar-refractivity contribution in [1.29, 1.82) is 5.26 Å². The lowest BCUT2D eigenvalue weighted by Gasteiger charge is -2.27. The van der Waals surface area contributed by atoms with E-state index in [-0.39, 0.29) is 48.7 Å².